The topological polar surface area (TPSA) is 33.1 Å². The van der Waals surface area contributed by atoms with E-state index in [1.807, 2.05) is 10.9 Å². The second-order valence-electron chi connectivity index (χ2n) is 5.39. The molecule has 21 heavy (non-hydrogen) atoms. The maximum Gasteiger partial charge on any atom is 0.0521 e. The molecule has 1 heterocycles. The van der Waals surface area contributed by atoms with E-state index in [0.29, 0.717) is 0 Å². The van der Waals surface area contributed by atoms with Gasteiger partial charge in [-0.05, 0) is 45.1 Å². The second-order valence-corrected chi connectivity index (χ2v) is 5.39. The molecule has 0 bridgehead atoms. The van der Waals surface area contributed by atoms with Crippen LogP contribution in [0.2, 0.25) is 0 Å². The van der Waals surface area contributed by atoms with Gasteiger partial charge in [0.05, 0.1) is 5.69 Å². The van der Waals surface area contributed by atoms with Crippen molar-refractivity contribution in [3.8, 4) is 0 Å². The van der Waals surface area contributed by atoms with Crippen LogP contribution in [0.5, 0.6) is 0 Å². The summed E-state index contributed by atoms with van der Waals surface area (Å²) in [6, 6.07) is 12.7. The second kappa shape index (κ2) is 8.60. The minimum Gasteiger partial charge on any atom is -0.311 e. The Morgan fingerprint density at radius 1 is 1.19 bits per heavy atom. The number of nitrogens with zero attached hydrogens (tertiary/aromatic N) is 3. The third-order valence-electron chi connectivity index (χ3n) is 3.60. The standard InChI is InChI=1S/C17H26N4/c1-3-21-17(10-12-19-21)14-18-11-7-13-20(2)15-16-8-5-4-6-9-16/h4-6,8-10,12,18H,3,7,11,13-15H2,1-2H3. The van der Waals surface area contributed by atoms with Gasteiger partial charge in [-0.15, -0.1) is 0 Å². The summed E-state index contributed by atoms with van der Waals surface area (Å²) >= 11 is 0. The van der Waals surface area contributed by atoms with Gasteiger partial charge in [-0.2, -0.15) is 5.10 Å². The number of aromatic nitrogens is 2. The Bertz CT molecular complexity index is 507. The molecule has 0 aliphatic carbocycles. The van der Waals surface area contributed by atoms with Crippen molar-refractivity contribution in [3.63, 3.8) is 0 Å². The summed E-state index contributed by atoms with van der Waals surface area (Å²) in [5.41, 5.74) is 2.63. The Labute approximate surface area is 127 Å². The highest BCUT2D eigenvalue weighted by atomic mass is 15.3. The molecule has 0 spiro atoms. The van der Waals surface area contributed by atoms with E-state index in [1.54, 1.807) is 0 Å². The van der Waals surface area contributed by atoms with Crippen LogP contribution in [-0.2, 0) is 19.6 Å². The van der Waals surface area contributed by atoms with Gasteiger partial charge < -0.3 is 10.2 Å². The third-order valence-corrected chi connectivity index (χ3v) is 3.60. The monoisotopic (exact) mass is 286 g/mol. The van der Waals surface area contributed by atoms with Crippen molar-refractivity contribution in [1.82, 2.24) is 20.0 Å². The van der Waals surface area contributed by atoms with E-state index in [-0.39, 0.29) is 0 Å². The lowest BCUT2D eigenvalue weighted by molar-refractivity contribution is 0.319. The van der Waals surface area contributed by atoms with E-state index in [4.69, 9.17) is 0 Å². The lowest BCUT2D eigenvalue weighted by Crippen LogP contribution is -2.24. The molecule has 1 aromatic carbocycles. The molecule has 0 aliphatic heterocycles. The van der Waals surface area contributed by atoms with E-state index in [1.165, 1.54) is 11.3 Å². The summed E-state index contributed by atoms with van der Waals surface area (Å²) in [5.74, 6) is 0. The minimum absolute atomic E-state index is 0.899. The summed E-state index contributed by atoms with van der Waals surface area (Å²) in [5, 5.41) is 7.77. The highest BCUT2D eigenvalue weighted by Crippen LogP contribution is 2.03. The molecule has 0 unspecified atom stereocenters. The maximum atomic E-state index is 4.28. The smallest absolute Gasteiger partial charge is 0.0521 e. The zero-order valence-corrected chi connectivity index (χ0v) is 13.1. The van der Waals surface area contributed by atoms with Crippen molar-refractivity contribution in [2.45, 2.75) is 33.0 Å². The Kier molecular flexibility index (Phi) is 6.44. The molecule has 1 N–H and O–H groups in total. The van der Waals surface area contributed by atoms with Crippen LogP contribution >= 0.6 is 0 Å². The molecular formula is C17H26N4. The molecule has 0 amide bonds. The van der Waals surface area contributed by atoms with Crippen LogP contribution < -0.4 is 5.32 Å². The van der Waals surface area contributed by atoms with Crippen LogP contribution in [0.3, 0.4) is 0 Å². The van der Waals surface area contributed by atoms with Crippen LogP contribution in [0, 0.1) is 0 Å². The van der Waals surface area contributed by atoms with Crippen LogP contribution in [-0.4, -0.2) is 34.8 Å². The van der Waals surface area contributed by atoms with E-state index < -0.39 is 0 Å². The van der Waals surface area contributed by atoms with E-state index >= 15 is 0 Å². The van der Waals surface area contributed by atoms with Gasteiger partial charge >= 0.3 is 0 Å². The van der Waals surface area contributed by atoms with Crippen LogP contribution in [0.15, 0.2) is 42.6 Å². The number of nitrogens with one attached hydrogen (secondary N) is 1. The summed E-state index contributed by atoms with van der Waals surface area (Å²) in [4.78, 5) is 2.37. The van der Waals surface area contributed by atoms with E-state index in [0.717, 1.165) is 39.1 Å². The van der Waals surface area contributed by atoms with Crippen LogP contribution in [0.1, 0.15) is 24.6 Å². The minimum atomic E-state index is 0.899. The first-order valence-corrected chi connectivity index (χ1v) is 7.73. The number of hydrogen-bond acceptors (Lipinski definition) is 3. The number of rotatable bonds is 9. The average molecular weight is 286 g/mol. The third kappa shape index (κ3) is 5.33. The van der Waals surface area contributed by atoms with Gasteiger partial charge in [0, 0.05) is 25.8 Å². The average Bonchev–Trinajstić information content (AvgIpc) is 2.95. The van der Waals surface area contributed by atoms with Crippen molar-refractivity contribution in [2.24, 2.45) is 0 Å². The summed E-state index contributed by atoms with van der Waals surface area (Å²) < 4.78 is 2.04. The van der Waals surface area contributed by atoms with Gasteiger partial charge in [-0.1, -0.05) is 30.3 Å². The molecule has 2 rings (SSSR count). The first-order chi connectivity index (χ1) is 10.3. The molecule has 4 nitrogen and oxygen atoms in total. The zero-order valence-electron chi connectivity index (χ0n) is 13.1. The maximum absolute atomic E-state index is 4.28. The Morgan fingerprint density at radius 3 is 2.76 bits per heavy atom. The quantitative estimate of drug-likeness (QED) is 0.719. The van der Waals surface area contributed by atoms with Crippen molar-refractivity contribution >= 4 is 0 Å². The first kappa shape index (κ1) is 15.7. The molecule has 114 valence electrons. The fourth-order valence-corrected chi connectivity index (χ4v) is 2.46. The molecule has 0 atom stereocenters. The number of aryl methyl sites for hydroxylation is 1. The molecule has 0 fully saturated rings. The fraction of sp³-hybridized carbons (Fsp3) is 0.471. The van der Waals surface area contributed by atoms with E-state index in [2.05, 4.69) is 65.7 Å². The predicted molar refractivity (Wildman–Crippen MR) is 87.0 cm³/mol. The lowest BCUT2D eigenvalue weighted by Gasteiger charge is -2.16. The zero-order chi connectivity index (χ0) is 14.9. The van der Waals surface area contributed by atoms with Gasteiger partial charge in [0.25, 0.3) is 0 Å². The molecule has 0 saturated heterocycles. The van der Waals surface area contributed by atoms with Gasteiger partial charge in [-0.25, -0.2) is 0 Å². The lowest BCUT2D eigenvalue weighted by atomic mass is 10.2. The molecule has 2 aromatic rings. The molecule has 0 saturated carbocycles. The Balaban J connectivity index is 1.59. The molecule has 0 radical (unpaired) electrons. The van der Waals surface area contributed by atoms with Crippen molar-refractivity contribution in [2.75, 3.05) is 20.1 Å². The van der Waals surface area contributed by atoms with Crippen LogP contribution in [0.25, 0.3) is 0 Å². The van der Waals surface area contributed by atoms with Crippen molar-refractivity contribution < 1.29 is 0 Å². The Hall–Kier alpha value is -1.65. The van der Waals surface area contributed by atoms with Crippen LogP contribution in [0.4, 0.5) is 0 Å². The molecule has 0 aliphatic rings. The normalized spacial score (nSPS) is 11.2. The Morgan fingerprint density at radius 2 is 2.00 bits per heavy atom. The van der Waals surface area contributed by atoms with Crippen molar-refractivity contribution in [3.05, 3.63) is 53.9 Å². The van der Waals surface area contributed by atoms with E-state index in [9.17, 15) is 0 Å². The van der Waals surface area contributed by atoms with Gasteiger partial charge in [0.1, 0.15) is 0 Å². The molecule has 4 heteroatoms. The van der Waals surface area contributed by atoms with Gasteiger partial charge in [0.15, 0.2) is 0 Å². The van der Waals surface area contributed by atoms with Gasteiger partial charge in [0.2, 0.25) is 0 Å². The van der Waals surface area contributed by atoms with Crippen molar-refractivity contribution in [1.29, 1.82) is 0 Å². The fourth-order valence-electron chi connectivity index (χ4n) is 2.46. The SMILES string of the molecule is CCn1nccc1CNCCCN(C)Cc1ccccc1. The predicted octanol–water partition coefficient (Wildman–Crippen LogP) is 2.51. The first-order valence-electron chi connectivity index (χ1n) is 7.73. The number of benzene rings is 1. The molecular weight excluding hydrogens is 260 g/mol. The summed E-state index contributed by atoms with van der Waals surface area (Å²) in [6.45, 7) is 7.11. The molecule has 1 aromatic heterocycles. The highest BCUT2D eigenvalue weighted by Gasteiger charge is 2.01. The number of hydrogen-bond donors (Lipinski definition) is 1. The van der Waals surface area contributed by atoms with Gasteiger partial charge in [-0.3, -0.25) is 4.68 Å². The largest absolute Gasteiger partial charge is 0.311 e. The summed E-state index contributed by atoms with van der Waals surface area (Å²) in [7, 11) is 2.18. The summed E-state index contributed by atoms with van der Waals surface area (Å²) in [6.07, 6.45) is 3.03. The highest BCUT2D eigenvalue weighted by molar-refractivity contribution is 5.14.